The zero-order valence-corrected chi connectivity index (χ0v) is 19.3. The third-order valence-electron chi connectivity index (χ3n) is 4.63. The molecule has 0 aliphatic heterocycles. The van der Waals surface area contributed by atoms with Gasteiger partial charge in [0.1, 0.15) is 10.8 Å². The lowest BCUT2D eigenvalue weighted by molar-refractivity contribution is 0.416. The number of ether oxygens (including phenoxy) is 1. The van der Waals surface area contributed by atoms with Crippen molar-refractivity contribution in [3.05, 3.63) is 64.1 Å². The fourth-order valence-corrected chi connectivity index (χ4v) is 5.07. The smallest absolute Gasteiger partial charge is 0.191 e. The van der Waals surface area contributed by atoms with E-state index in [9.17, 15) is 0 Å². The van der Waals surface area contributed by atoms with Crippen molar-refractivity contribution in [1.29, 1.82) is 0 Å². The average Bonchev–Trinajstić information content (AvgIpc) is 3.39. The van der Waals surface area contributed by atoms with Gasteiger partial charge in [0.25, 0.3) is 0 Å². The zero-order valence-electron chi connectivity index (χ0n) is 16.9. The highest BCUT2D eigenvalue weighted by Crippen LogP contribution is 2.34. The fourth-order valence-electron chi connectivity index (χ4n) is 3.08. The van der Waals surface area contributed by atoms with Gasteiger partial charge in [-0.15, -0.1) is 21.5 Å². The lowest BCUT2D eigenvalue weighted by atomic mass is 10.2. The van der Waals surface area contributed by atoms with Crippen LogP contribution in [0.3, 0.4) is 0 Å². The second-order valence-corrected chi connectivity index (χ2v) is 8.93. The van der Waals surface area contributed by atoms with Crippen molar-refractivity contribution in [1.82, 2.24) is 19.7 Å². The minimum Gasteiger partial charge on any atom is -0.496 e. The van der Waals surface area contributed by atoms with Crippen LogP contribution in [0.25, 0.3) is 22.0 Å². The molecule has 0 aliphatic rings. The van der Waals surface area contributed by atoms with E-state index in [-0.39, 0.29) is 0 Å². The van der Waals surface area contributed by atoms with Gasteiger partial charge in [0.15, 0.2) is 11.0 Å². The fraction of sp³-hybridized carbons (Fsp3) is 0.227. The molecule has 4 rings (SSSR count). The maximum Gasteiger partial charge on any atom is 0.191 e. The molecule has 5 nitrogen and oxygen atoms in total. The van der Waals surface area contributed by atoms with Gasteiger partial charge in [-0.3, -0.25) is 0 Å². The molecule has 0 fully saturated rings. The summed E-state index contributed by atoms with van der Waals surface area (Å²) in [6, 6.07) is 14.0. The molecule has 0 saturated heterocycles. The van der Waals surface area contributed by atoms with Crippen molar-refractivity contribution in [2.75, 3.05) is 7.11 Å². The van der Waals surface area contributed by atoms with Crippen molar-refractivity contribution < 1.29 is 4.74 Å². The van der Waals surface area contributed by atoms with Gasteiger partial charge in [0.2, 0.25) is 0 Å². The zero-order chi connectivity index (χ0) is 21.1. The first-order valence-electron chi connectivity index (χ1n) is 9.50. The summed E-state index contributed by atoms with van der Waals surface area (Å²) in [5.41, 5.74) is 4.26. The molecule has 0 spiro atoms. The summed E-state index contributed by atoms with van der Waals surface area (Å²) in [5, 5.41) is 13.5. The molecule has 0 unspecified atom stereocenters. The Morgan fingerprint density at radius 2 is 1.93 bits per heavy atom. The Kier molecular flexibility index (Phi) is 6.41. The summed E-state index contributed by atoms with van der Waals surface area (Å²) in [5.74, 6) is 2.20. The first-order chi connectivity index (χ1) is 14.6. The van der Waals surface area contributed by atoms with Crippen molar-refractivity contribution in [3.8, 4) is 27.7 Å². The molecule has 0 radical (unpaired) electrons. The molecule has 0 bridgehead atoms. The summed E-state index contributed by atoms with van der Waals surface area (Å²) in [6.07, 6.45) is 0. The van der Waals surface area contributed by atoms with Crippen LogP contribution >= 0.6 is 34.7 Å². The highest BCUT2D eigenvalue weighted by atomic mass is 35.5. The number of benzene rings is 2. The largest absolute Gasteiger partial charge is 0.496 e. The van der Waals surface area contributed by atoms with Crippen LogP contribution in [0.15, 0.2) is 53.0 Å². The average molecular weight is 457 g/mol. The monoisotopic (exact) mass is 456 g/mol. The van der Waals surface area contributed by atoms with Gasteiger partial charge in [0, 0.05) is 28.3 Å². The van der Waals surface area contributed by atoms with Crippen LogP contribution in [-0.2, 0) is 12.3 Å². The maximum absolute atomic E-state index is 6.20. The minimum absolute atomic E-state index is 0.636. The van der Waals surface area contributed by atoms with Crippen LogP contribution < -0.4 is 4.74 Å². The lowest BCUT2D eigenvalue weighted by Crippen LogP contribution is -2.01. The Labute approximate surface area is 189 Å². The normalized spacial score (nSPS) is 11.1. The number of hydrogen-bond acceptors (Lipinski definition) is 6. The van der Waals surface area contributed by atoms with Crippen molar-refractivity contribution in [2.24, 2.45) is 0 Å². The van der Waals surface area contributed by atoms with Gasteiger partial charge in [0.05, 0.1) is 18.4 Å². The van der Waals surface area contributed by atoms with Crippen LogP contribution in [0.2, 0.25) is 5.02 Å². The summed E-state index contributed by atoms with van der Waals surface area (Å²) < 4.78 is 7.57. The highest BCUT2D eigenvalue weighted by Gasteiger charge is 2.18. The summed E-state index contributed by atoms with van der Waals surface area (Å²) in [4.78, 5) is 4.79. The van der Waals surface area contributed by atoms with Gasteiger partial charge >= 0.3 is 0 Å². The first kappa shape index (κ1) is 20.9. The molecule has 4 aromatic rings. The number of rotatable bonds is 7. The van der Waals surface area contributed by atoms with Crippen LogP contribution in [0.5, 0.6) is 5.75 Å². The molecular formula is C22H21ClN4OS2. The topological polar surface area (TPSA) is 52.8 Å². The Bertz CT molecular complexity index is 1150. The number of thioether (sulfide) groups is 1. The first-order valence-corrected chi connectivity index (χ1v) is 11.7. The molecular weight excluding hydrogens is 436 g/mol. The molecule has 154 valence electrons. The van der Waals surface area contributed by atoms with Gasteiger partial charge < -0.3 is 9.30 Å². The molecule has 2 aromatic carbocycles. The molecule has 0 amide bonds. The van der Waals surface area contributed by atoms with E-state index in [1.165, 1.54) is 5.56 Å². The Morgan fingerprint density at radius 3 is 2.67 bits per heavy atom. The van der Waals surface area contributed by atoms with E-state index in [0.717, 1.165) is 50.9 Å². The van der Waals surface area contributed by atoms with Crippen LogP contribution in [-0.4, -0.2) is 26.9 Å². The number of methoxy groups -OCH3 is 1. The van der Waals surface area contributed by atoms with Crippen molar-refractivity contribution >= 4 is 34.7 Å². The number of nitrogens with zero attached hydrogens (tertiary/aromatic N) is 4. The van der Waals surface area contributed by atoms with E-state index in [4.69, 9.17) is 21.3 Å². The molecule has 0 aliphatic carbocycles. The van der Waals surface area contributed by atoms with E-state index < -0.39 is 0 Å². The van der Waals surface area contributed by atoms with Crippen LogP contribution in [0.1, 0.15) is 18.2 Å². The second kappa shape index (κ2) is 9.20. The van der Waals surface area contributed by atoms with E-state index >= 15 is 0 Å². The number of hydrogen-bond donors (Lipinski definition) is 0. The summed E-state index contributed by atoms with van der Waals surface area (Å²) in [6.45, 7) is 4.91. The minimum atomic E-state index is 0.636. The quantitative estimate of drug-likeness (QED) is 0.303. The molecule has 30 heavy (non-hydrogen) atoms. The van der Waals surface area contributed by atoms with Gasteiger partial charge in [-0.1, -0.05) is 53.2 Å². The highest BCUT2D eigenvalue weighted by molar-refractivity contribution is 7.98. The molecule has 0 N–H and O–H groups in total. The van der Waals surface area contributed by atoms with Crippen LogP contribution in [0, 0.1) is 6.92 Å². The maximum atomic E-state index is 6.20. The number of halogens is 1. The lowest BCUT2D eigenvalue weighted by Gasteiger charge is -2.10. The molecule has 2 heterocycles. The molecule has 8 heteroatoms. The van der Waals surface area contributed by atoms with Gasteiger partial charge in [-0.2, -0.15) is 0 Å². The van der Waals surface area contributed by atoms with Gasteiger partial charge in [-0.25, -0.2) is 4.98 Å². The second-order valence-electron chi connectivity index (χ2n) is 6.69. The molecule has 2 aromatic heterocycles. The predicted octanol–water partition coefficient (Wildman–Crippen LogP) is 6.35. The Balaban J connectivity index is 1.54. The van der Waals surface area contributed by atoms with E-state index in [1.54, 1.807) is 36.3 Å². The Morgan fingerprint density at radius 1 is 1.13 bits per heavy atom. The number of aryl methyl sites for hydroxylation is 1. The van der Waals surface area contributed by atoms with E-state index in [0.29, 0.717) is 5.02 Å². The van der Waals surface area contributed by atoms with E-state index in [1.807, 2.05) is 12.1 Å². The third-order valence-corrected chi connectivity index (χ3v) is 6.81. The van der Waals surface area contributed by atoms with Gasteiger partial charge in [-0.05, 0) is 32.0 Å². The molecule has 0 atom stereocenters. The van der Waals surface area contributed by atoms with Crippen molar-refractivity contribution in [2.45, 2.75) is 31.3 Å². The van der Waals surface area contributed by atoms with Crippen molar-refractivity contribution in [3.63, 3.8) is 0 Å². The third kappa shape index (κ3) is 4.38. The predicted molar refractivity (Wildman–Crippen MR) is 125 cm³/mol. The standard InChI is InChI=1S/C22H21ClN4OS2/c1-4-27-20(18-11-16(23)9-10-19(18)28-3)25-26-22(27)30-13-17-12-29-21(24-17)15-7-5-14(2)6-8-15/h5-12H,4,13H2,1-3H3. The Hall–Kier alpha value is -2.35. The summed E-state index contributed by atoms with van der Waals surface area (Å²) >= 11 is 9.50. The van der Waals surface area contributed by atoms with E-state index in [2.05, 4.69) is 58.3 Å². The number of aromatic nitrogens is 4. The molecule has 0 saturated carbocycles. The summed E-state index contributed by atoms with van der Waals surface area (Å²) in [7, 11) is 1.64. The SMILES string of the molecule is CCn1c(SCc2csc(-c3ccc(C)cc3)n2)nnc1-c1cc(Cl)ccc1OC. The van der Waals surface area contributed by atoms with Crippen LogP contribution in [0.4, 0.5) is 0 Å². The number of thiazole rings is 1.